The maximum atomic E-state index is 11.7. The van der Waals surface area contributed by atoms with Gasteiger partial charge >= 0.3 is 5.97 Å². The first-order valence-corrected chi connectivity index (χ1v) is 11.8. The van der Waals surface area contributed by atoms with E-state index in [0.717, 1.165) is 45.8 Å². The van der Waals surface area contributed by atoms with Crippen molar-refractivity contribution in [3.8, 4) is 5.75 Å². The van der Waals surface area contributed by atoms with Gasteiger partial charge in [0, 0.05) is 11.1 Å². The Morgan fingerprint density at radius 3 is 2.53 bits per heavy atom. The summed E-state index contributed by atoms with van der Waals surface area (Å²) >= 11 is 0. The first-order chi connectivity index (χ1) is 16.3. The zero-order valence-corrected chi connectivity index (χ0v) is 20.5. The number of hydrogen-bond donors (Lipinski definition) is 1. The van der Waals surface area contributed by atoms with Crippen LogP contribution < -0.4 is 10.2 Å². The quantitative estimate of drug-likeness (QED) is 0.430. The Bertz CT molecular complexity index is 1320. The van der Waals surface area contributed by atoms with Crippen LogP contribution in [0.5, 0.6) is 5.75 Å². The number of aromatic carboxylic acids is 1. The van der Waals surface area contributed by atoms with Crippen molar-refractivity contribution in [2.45, 2.75) is 46.9 Å². The molecule has 1 heterocycles. The predicted octanol–water partition coefficient (Wildman–Crippen LogP) is 6.63. The molecule has 3 aromatic rings. The molecule has 3 nitrogen and oxygen atoms in total. The molecule has 0 aliphatic carbocycles. The van der Waals surface area contributed by atoms with E-state index in [0.29, 0.717) is 11.0 Å². The van der Waals surface area contributed by atoms with Gasteiger partial charge in [0.1, 0.15) is 11.5 Å². The lowest BCUT2D eigenvalue weighted by Gasteiger charge is -2.26. The predicted molar refractivity (Wildman–Crippen MR) is 141 cm³/mol. The Balaban J connectivity index is 1.79. The van der Waals surface area contributed by atoms with Gasteiger partial charge < -0.3 is 9.84 Å². The third-order valence-corrected chi connectivity index (χ3v) is 6.40. The first kappa shape index (κ1) is 23.6. The van der Waals surface area contributed by atoms with Crippen LogP contribution in [0.4, 0.5) is 0 Å². The van der Waals surface area contributed by atoms with Gasteiger partial charge in [-0.15, -0.1) is 0 Å². The number of allylic oxidation sites excluding steroid dienone is 3. The van der Waals surface area contributed by atoms with Crippen LogP contribution >= 0.6 is 0 Å². The zero-order valence-electron chi connectivity index (χ0n) is 20.5. The molecule has 1 aliphatic rings. The maximum absolute atomic E-state index is 11.7. The molecule has 0 bridgehead atoms. The maximum Gasteiger partial charge on any atom is 0.335 e. The number of carboxylic acids is 1. The normalized spacial score (nSPS) is 14.7. The van der Waals surface area contributed by atoms with Gasteiger partial charge in [-0.2, -0.15) is 0 Å². The third kappa shape index (κ3) is 4.72. The number of carbonyl (C=O) groups is 1. The lowest BCUT2D eigenvalue weighted by atomic mass is 9.56. The summed E-state index contributed by atoms with van der Waals surface area (Å²) in [6.45, 7) is 10.6. The van der Waals surface area contributed by atoms with Crippen LogP contribution in [-0.4, -0.2) is 18.4 Å². The highest BCUT2D eigenvalue weighted by Crippen LogP contribution is 2.42. The van der Waals surface area contributed by atoms with Crippen molar-refractivity contribution in [1.29, 1.82) is 0 Å². The van der Waals surface area contributed by atoms with E-state index in [4.69, 9.17) is 4.74 Å². The number of benzene rings is 3. The molecule has 0 fully saturated rings. The summed E-state index contributed by atoms with van der Waals surface area (Å²) in [5, 5.41) is 9.62. The van der Waals surface area contributed by atoms with Crippen LogP contribution in [0.3, 0.4) is 0 Å². The topological polar surface area (TPSA) is 46.5 Å². The fourth-order valence-electron chi connectivity index (χ4n) is 4.45. The molecule has 1 N–H and O–H groups in total. The summed E-state index contributed by atoms with van der Waals surface area (Å²) in [4.78, 5) is 11.7. The second kappa shape index (κ2) is 9.76. The van der Waals surface area contributed by atoms with Gasteiger partial charge in [-0.1, -0.05) is 61.8 Å². The summed E-state index contributed by atoms with van der Waals surface area (Å²) in [6, 6.07) is 17.8. The molecule has 34 heavy (non-hydrogen) atoms. The second-order valence-corrected chi connectivity index (χ2v) is 9.06. The highest BCUT2D eigenvalue weighted by atomic mass is 16.5. The van der Waals surface area contributed by atoms with Gasteiger partial charge in [0.05, 0.1) is 5.56 Å². The lowest BCUT2D eigenvalue weighted by Crippen LogP contribution is -2.27. The zero-order chi connectivity index (χ0) is 24.4. The minimum atomic E-state index is -0.922. The first-order valence-electron chi connectivity index (χ1n) is 11.8. The molecule has 0 amide bonds. The highest BCUT2D eigenvalue weighted by molar-refractivity contribution is 6.56. The molecule has 1 radical (unpaired) electrons. The smallest absolute Gasteiger partial charge is 0.335 e. The molecule has 0 aromatic heterocycles. The molecule has 3 aromatic carbocycles. The van der Waals surface area contributed by atoms with Crippen molar-refractivity contribution in [1.82, 2.24) is 0 Å². The number of aryl methyl sites for hydroxylation is 3. The molecule has 1 atom stereocenters. The number of carboxylic acid groups (broad SMARTS) is 1. The van der Waals surface area contributed by atoms with E-state index in [-0.39, 0.29) is 5.82 Å². The molecular formula is C30H30BO3. The Morgan fingerprint density at radius 1 is 1.06 bits per heavy atom. The largest absolute Gasteiger partial charge is 0.478 e. The standard InChI is InChI=1S/C30H30BO3/c1-6-9-22-17-28(23-13-12-19(3)20(4)16-23)34-29-25(14-18(2)15-26(22)29)21(5)31-27-11-8-7-10-24(27)30(32)33/h7-17,21H,6H2,1-5H3,(H,32,33)/b22-9-. The molecular weight excluding hydrogens is 419 g/mol. The molecule has 1 unspecified atom stereocenters. The van der Waals surface area contributed by atoms with Crippen LogP contribution in [0.25, 0.3) is 11.3 Å². The monoisotopic (exact) mass is 449 g/mol. The Kier molecular flexibility index (Phi) is 6.78. The van der Waals surface area contributed by atoms with Gasteiger partial charge in [-0.25, -0.2) is 4.79 Å². The second-order valence-electron chi connectivity index (χ2n) is 9.06. The van der Waals surface area contributed by atoms with Gasteiger partial charge in [-0.3, -0.25) is 0 Å². The van der Waals surface area contributed by atoms with Gasteiger partial charge in [0.2, 0.25) is 0 Å². The molecule has 4 rings (SSSR count). The number of fused-ring (bicyclic) bond motifs is 1. The molecule has 171 valence electrons. The van der Waals surface area contributed by atoms with E-state index >= 15 is 0 Å². The average molecular weight is 449 g/mol. The Labute approximate surface area is 203 Å². The van der Waals surface area contributed by atoms with E-state index in [1.165, 1.54) is 11.1 Å². The van der Waals surface area contributed by atoms with Gasteiger partial charge in [-0.05, 0) is 85.1 Å². The van der Waals surface area contributed by atoms with Crippen LogP contribution in [0.15, 0.2) is 66.7 Å². The van der Waals surface area contributed by atoms with Crippen LogP contribution in [0.1, 0.15) is 69.8 Å². The van der Waals surface area contributed by atoms with Crippen molar-refractivity contribution in [3.63, 3.8) is 0 Å². The highest BCUT2D eigenvalue weighted by Gasteiger charge is 2.25. The minimum Gasteiger partial charge on any atom is -0.478 e. The van der Waals surface area contributed by atoms with Gasteiger partial charge in [0.25, 0.3) is 0 Å². The fraction of sp³-hybridized carbons (Fsp3) is 0.233. The Morgan fingerprint density at radius 2 is 1.82 bits per heavy atom. The number of rotatable bonds is 6. The van der Waals surface area contributed by atoms with E-state index in [1.807, 2.05) is 19.4 Å². The minimum absolute atomic E-state index is 0.0452. The molecule has 0 saturated carbocycles. The number of hydrogen-bond acceptors (Lipinski definition) is 2. The van der Waals surface area contributed by atoms with E-state index in [2.05, 4.69) is 77.1 Å². The van der Waals surface area contributed by atoms with Crippen molar-refractivity contribution >= 4 is 30.0 Å². The molecule has 0 saturated heterocycles. The van der Waals surface area contributed by atoms with E-state index < -0.39 is 5.97 Å². The Hall–Kier alpha value is -3.53. The fourth-order valence-corrected chi connectivity index (χ4v) is 4.45. The van der Waals surface area contributed by atoms with Crippen molar-refractivity contribution in [2.24, 2.45) is 0 Å². The van der Waals surface area contributed by atoms with Crippen LogP contribution in [0, 0.1) is 20.8 Å². The van der Waals surface area contributed by atoms with E-state index in [1.54, 1.807) is 12.1 Å². The van der Waals surface area contributed by atoms with Crippen molar-refractivity contribution < 1.29 is 14.6 Å². The average Bonchev–Trinajstić information content (AvgIpc) is 2.81. The summed E-state index contributed by atoms with van der Waals surface area (Å²) < 4.78 is 6.60. The third-order valence-electron chi connectivity index (χ3n) is 6.40. The molecule has 0 spiro atoms. The van der Waals surface area contributed by atoms with Crippen molar-refractivity contribution in [3.05, 3.63) is 106 Å². The van der Waals surface area contributed by atoms with Crippen LogP contribution in [0.2, 0.25) is 0 Å². The molecule has 1 aliphatic heterocycles. The number of ether oxygens (including phenoxy) is 1. The summed E-state index contributed by atoms with van der Waals surface area (Å²) in [6.07, 6.45) is 5.29. The van der Waals surface area contributed by atoms with Crippen LogP contribution in [-0.2, 0) is 0 Å². The molecule has 4 heteroatoms. The summed E-state index contributed by atoms with van der Waals surface area (Å²) in [5.41, 5.74) is 8.97. The van der Waals surface area contributed by atoms with Gasteiger partial charge in [0.15, 0.2) is 7.28 Å². The van der Waals surface area contributed by atoms with E-state index in [9.17, 15) is 9.90 Å². The summed E-state index contributed by atoms with van der Waals surface area (Å²) in [7, 11) is 2.01. The van der Waals surface area contributed by atoms with Crippen molar-refractivity contribution in [2.75, 3.05) is 0 Å². The SMILES string of the molecule is CC/C=C1/C=C(c2ccc(C)c(C)c2)Oc2c1cc(C)cc2C(C)[B]c1ccccc1C(=O)O. The lowest BCUT2D eigenvalue weighted by molar-refractivity contribution is 0.0698. The summed E-state index contributed by atoms with van der Waals surface area (Å²) in [5.74, 6) is 0.710.